The van der Waals surface area contributed by atoms with Gasteiger partial charge in [-0.15, -0.1) is 18.5 Å². The van der Waals surface area contributed by atoms with Crippen LogP contribution in [0, 0.1) is 0 Å². The van der Waals surface area contributed by atoms with Crippen molar-refractivity contribution in [3.63, 3.8) is 0 Å². The fraction of sp³-hybridized carbons (Fsp3) is 0. The van der Waals surface area contributed by atoms with Gasteiger partial charge in [-0.05, 0) is 10.6 Å². The Hall–Kier alpha value is -2.56. The number of fused-ring (bicyclic) bond motifs is 2. The van der Waals surface area contributed by atoms with E-state index in [-0.39, 0.29) is 22.7 Å². The second-order valence-corrected chi connectivity index (χ2v) is 6.79. The van der Waals surface area contributed by atoms with Gasteiger partial charge in [0, 0.05) is 21.5 Å². The third-order valence-corrected chi connectivity index (χ3v) is 5.55. The minimum atomic E-state index is 0.224. The molecule has 0 saturated carbocycles. The van der Waals surface area contributed by atoms with Gasteiger partial charge in [0.1, 0.15) is 0 Å². The quantitative estimate of drug-likeness (QED) is 0.150. The summed E-state index contributed by atoms with van der Waals surface area (Å²) in [6, 6.07) is 0. The molecule has 2 unspecified atom stereocenters. The Labute approximate surface area is 142 Å². The van der Waals surface area contributed by atoms with Crippen LogP contribution in [0.25, 0.3) is 21.5 Å². The van der Waals surface area contributed by atoms with Crippen LogP contribution in [0.3, 0.4) is 0 Å². The summed E-state index contributed by atoms with van der Waals surface area (Å²) >= 11 is 0. The minimum absolute atomic E-state index is 0.224. The monoisotopic (exact) mass is 362 g/mol. The largest absolute Gasteiger partial charge is 0.396 e. The van der Waals surface area contributed by atoms with Crippen LogP contribution in [0.15, 0.2) is 0 Å². The fourth-order valence-electron chi connectivity index (χ4n) is 3.03. The van der Waals surface area contributed by atoms with Gasteiger partial charge in [-0.25, -0.2) is 0 Å². The van der Waals surface area contributed by atoms with Crippen LogP contribution in [0.5, 0.6) is 0 Å². The van der Waals surface area contributed by atoms with Crippen LogP contribution in [0.4, 0.5) is 45.5 Å². The van der Waals surface area contributed by atoms with Gasteiger partial charge < -0.3 is 45.9 Å². The molecule has 3 aromatic rings. The van der Waals surface area contributed by atoms with Crippen molar-refractivity contribution in [3.8, 4) is 0 Å². The maximum Gasteiger partial charge on any atom is 0.0809 e. The fourth-order valence-corrected chi connectivity index (χ4v) is 4.23. The number of hydrogen-bond donors (Lipinski definition) is 8. The lowest BCUT2D eigenvalue weighted by molar-refractivity contribution is 1.69. The maximum atomic E-state index is 6.19. The Kier molecular flexibility index (Phi) is 3.37. The highest BCUT2D eigenvalue weighted by Crippen LogP contribution is 2.44. The average molecular weight is 362 g/mol. The second-order valence-electron chi connectivity index (χ2n) is 5.64. The number of nitrogens with two attached hydrogens (primary N) is 8. The van der Waals surface area contributed by atoms with E-state index in [2.05, 4.69) is 18.5 Å². The van der Waals surface area contributed by atoms with Crippen molar-refractivity contribution in [2.24, 2.45) is 0 Å². The highest BCUT2D eigenvalue weighted by molar-refractivity contribution is 7.31. The summed E-state index contributed by atoms with van der Waals surface area (Å²) in [6.07, 6.45) is 0. The minimum Gasteiger partial charge on any atom is -0.396 e. The molecule has 126 valence electrons. The van der Waals surface area contributed by atoms with Crippen molar-refractivity contribution >= 4 is 96.1 Å². The summed E-state index contributed by atoms with van der Waals surface area (Å²) in [4.78, 5) is 0. The molecular formula is C14H20N8P2. The van der Waals surface area contributed by atoms with Gasteiger partial charge in [-0.3, -0.25) is 0 Å². The molecule has 16 N–H and O–H groups in total. The Balaban J connectivity index is 2.82. The highest BCUT2D eigenvalue weighted by atomic mass is 31.0. The molecule has 0 amide bonds. The van der Waals surface area contributed by atoms with Gasteiger partial charge in [-0.2, -0.15) is 0 Å². The SMILES string of the molecule is Nc1c(N)c(N)c2c(P)c3c(N)c(N)c(N)c(N)c3c(P)c2c1N. The third kappa shape index (κ3) is 1.75. The topological polar surface area (TPSA) is 208 Å². The van der Waals surface area contributed by atoms with Crippen molar-refractivity contribution in [1.29, 1.82) is 0 Å². The molecule has 0 radical (unpaired) electrons. The predicted molar refractivity (Wildman–Crippen MR) is 115 cm³/mol. The second kappa shape index (κ2) is 4.97. The molecular weight excluding hydrogens is 342 g/mol. The van der Waals surface area contributed by atoms with Crippen LogP contribution in [-0.2, 0) is 0 Å². The molecule has 0 aliphatic heterocycles. The molecule has 10 heteroatoms. The summed E-state index contributed by atoms with van der Waals surface area (Å²) in [7, 11) is 5.20. The Bertz CT molecular complexity index is 896. The molecule has 0 spiro atoms. The van der Waals surface area contributed by atoms with E-state index in [9.17, 15) is 0 Å². The van der Waals surface area contributed by atoms with Crippen molar-refractivity contribution in [3.05, 3.63) is 0 Å². The molecule has 0 heterocycles. The van der Waals surface area contributed by atoms with E-state index in [1.165, 1.54) is 0 Å². The maximum absolute atomic E-state index is 6.19. The van der Waals surface area contributed by atoms with Crippen molar-refractivity contribution in [1.82, 2.24) is 0 Å². The zero-order valence-electron chi connectivity index (χ0n) is 12.8. The summed E-state index contributed by atoms with van der Waals surface area (Å²) in [5.41, 5.74) is 50.9. The Morgan fingerprint density at radius 3 is 0.667 bits per heavy atom. The summed E-state index contributed by atoms with van der Waals surface area (Å²) in [5.74, 6) is 0. The first kappa shape index (κ1) is 16.3. The van der Waals surface area contributed by atoms with Gasteiger partial charge in [0.05, 0.1) is 45.5 Å². The average Bonchev–Trinajstić information content (AvgIpc) is 2.55. The van der Waals surface area contributed by atoms with E-state index in [0.29, 0.717) is 54.9 Å². The summed E-state index contributed by atoms with van der Waals surface area (Å²) in [6.45, 7) is 0. The van der Waals surface area contributed by atoms with E-state index in [1.807, 2.05) is 0 Å². The van der Waals surface area contributed by atoms with E-state index in [0.717, 1.165) is 0 Å². The molecule has 0 saturated heterocycles. The number of anilines is 8. The molecule has 0 aromatic heterocycles. The highest BCUT2D eigenvalue weighted by Gasteiger charge is 2.23. The van der Waals surface area contributed by atoms with Crippen molar-refractivity contribution in [2.45, 2.75) is 0 Å². The number of rotatable bonds is 0. The molecule has 8 nitrogen and oxygen atoms in total. The first-order valence-corrected chi connectivity index (χ1v) is 8.04. The smallest absolute Gasteiger partial charge is 0.0809 e. The zero-order valence-corrected chi connectivity index (χ0v) is 15.1. The van der Waals surface area contributed by atoms with Gasteiger partial charge in [-0.1, -0.05) is 0 Å². The molecule has 3 aromatic carbocycles. The van der Waals surface area contributed by atoms with Crippen LogP contribution < -0.4 is 56.5 Å². The lowest BCUT2D eigenvalue weighted by Crippen LogP contribution is -2.17. The van der Waals surface area contributed by atoms with E-state index in [1.54, 1.807) is 0 Å². The van der Waals surface area contributed by atoms with E-state index < -0.39 is 0 Å². The van der Waals surface area contributed by atoms with E-state index >= 15 is 0 Å². The normalized spacial score (nSPS) is 11.4. The lowest BCUT2D eigenvalue weighted by atomic mass is 9.95. The van der Waals surface area contributed by atoms with Crippen molar-refractivity contribution in [2.75, 3.05) is 45.9 Å². The third-order valence-electron chi connectivity index (χ3n) is 4.40. The van der Waals surface area contributed by atoms with Gasteiger partial charge in [0.25, 0.3) is 0 Å². The van der Waals surface area contributed by atoms with Crippen LogP contribution in [-0.4, -0.2) is 0 Å². The molecule has 0 fully saturated rings. The zero-order chi connectivity index (χ0) is 18.1. The van der Waals surface area contributed by atoms with Crippen molar-refractivity contribution < 1.29 is 0 Å². The van der Waals surface area contributed by atoms with E-state index in [4.69, 9.17) is 45.9 Å². The van der Waals surface area contributed by atoms with Gasteiger partial charge in [0.2, 0.25) is 0 Å². The summed E-state index contributed by atoms with van der Waals surface area (Å²) in [5, 5.41) is 3.90. The number of nitrogen functional groups attached to an aromatic ring is 8. The van der Waals surface area contributed by atoms with Gasteiger partial charge in [0.15, 0.2) is 0 Å². The molecule has 0 bridgehead atoms. The predicted octanol–water partition coefficient (Wildman–Crippen LogP) is -0.349. The molecule has 0 aliphatic carbocycles. The Morgan fingerprint density at radius 2 is 0.500 bits per heavy atom. The standard InChI is InChI=1S/C14H20N8P2/c15-5-1-2(6(16)10(20)9(5)19)14(24)4-3(13(1)23)7(17)11(21)12(22)8(4)18/h15-24H2. The Morgan fingerprint density at radius 1 is 0.333 bits per heavy atom. The number of benzene rings is 3. The van der Waals surface area contributed by atoms with Gasteiger partial charge >= 0.3 is 0 Å². The molecule has 24 heavy (non-hydrogen) atoms. The first-order chi connectivity index (χ1) is 11.1. The lowest BCUT2D eigenvalue weighted by Gasteiger charge is -2.22. The molecule has 2 atom stereocenters. The molecule has 0 aliphatic rings. The number of hydrogen-bond acceptors (Lipinski definition) is 8. The first-order valence-electron chi connectivity index (χ1n) is 6.89. The van der Waals surface area contributed by atoms with Crippen LogP contribution in [0.2, 0.25) is 0 Å². The van der Waals surface area contributed by atoms with Crippen LogP contribution in [0.1, 0.15) is 0 Å². The van der Waals surface area contributed by atoms with Crippen LogP contribution >= 0.6 is 18.5 Å². The summed E-state index contributed by atoms with van der Waals surface area (Å²) < 4.78 is 0. The molecule has 3 rings (SSSR count).